The zero-order valence-corrected chi connectivity index (χ0v) is 15.0. The number of thiophene rings is 1. The van der Waals surface area contributed by atoms with Gasteiger partial charge in [0.15, 0.2) is 6.20 Å². The predicted molar refractivity (Wildman–Crippen MR) is 100 cm³/mol. The molecule has 0 saturated carbocycles. The molecule has 4 aromatic rings. The molecule has 0 N–H and O–H groups in total. The summed E-state index contributed by atoms with van der Waals surface area (Å²) in [6.45, 7) is 6.52. The van der Waals surface area contributed by atoms with E-state index in [-0.39, 0.29) is 0 Å². The van der Waals surface area contributed by atoms with Gasteiger partial charge in [-0.15, -0.1) is 11.3 Å². The maximum Gasteiger partial charge on any atom is 0.228 e. The highest BCUT2D eigenvalue weighted by molar-refractivity contribution is 7.17. The Kier molecular flexibility index (Phi) is 2.67. The number of pyridine rings is 1. The molecule has 0 aliphatic carbocycles. The summed E-state index contributed by atoms with van der Waals surface area (Å²) in [5, 5.41) is 5.97. The molecule has 0 bridgehead atoms. The third-order valence-electron chi connectivity index (χ3n) is 5.15. The van der Waals surface area contributed by atoms with Gasteiger partial charge in [-0.3, -0.25) is 0 Å². The van der Waals surface area contributed by atoms with Crippen molar-refractivity contribution in [1.82, 2.24) is 0 Å². The van der Waals surface area contributed by atoms with E-state index in [1.807, 2.05) is 0 Å². The Bertz CT molecular complexity index is 1170. The lowest BCUT2D eigenvalue weighted by Gasteiger charge is -2.23. The van der Waals surface area contributed by atoms with Crippen molar-refractivity contribution in [2.75, 3.05) is 0 Å². The SMILES string of the molecule is Cc1cc2c3c([n+](C)ccc3c1)-c1c(c(C)c3sccc3c1C)O2. The first-order valence-electron chi connectivity index (χ1n) is 8.18. The van der Waals surface area contributed by atoms with Crippen LogP contribution in [0.15, 0.2) is 35.8 Å². The van der Waals surface area contributed by atoms with E-state index in [2.05, 4.69) is 68.2 Å². The molecule has 0 spiro atoms. The van der Waals surface area contributed by atoms with Crippen LogP contribution in [0, 0.1) is 20.8 Å². The number of nitrogens with zero attached hydrogens (tertiary/aromatic N) is 1. The van der Waals surface area contributed by atoms with Crippen molar-refractivity contribution in [2.45, 2.75) is 20.8 Å². The van der Waals surface area contributed by atoms with Gasteiger partial charge in [-0.25, -0.2) is 4.57 Å². The average molecular weight is 332 g/mol. The van der Waals surface area contributed by atoms with E-state index < -0.39 is 0 Å². The highest BCUT2D eigenvalue weighted by Gasteiger charge is 2.32. The van der Waals surface area contributed by atoms with Crippen molar-refractivity contribution in [1.29, 1.82) is 0 Å². The van der Waals surface area contributed by atoms with Crippen molar-refractivity contribution in [3.63, 3.8) is 0 Å². The Morgan fingerprint density at radius 1 is 1.04 bits per heavy atom. The molecular weight excluding hydrogens is 314 g/mol. The minimum Gasteiger partial charge on any atom is -0.455 e. The van der Waals surface area contributed by atoms with Crippen LogP contribution in [0.3, 0.4) is 0 Å². The minimum absolute atomic E-state index is 0.974. The second-order valence-electron chi connectivity index (χ2n) is 6.72. The van der Waals surface area contributed by atoms with Gasteiger partial charge in [0.1, 0.15) is 18.5 Å². The molecule has 0 saturated heterocycles. The molecule has 118 valence electrons. The summed E-state index contributed by atoms with van der Waals surface area (Å²) < 4.78 is 10.0. The highest BCUT2D eigenvalue weighted by atomic mass is 32.1. The molecule has 5 rings (SSSR count). The molecular formula is C21H18NOS+. The largest absolute Gasteiger partial charge is 0.455 e. The fraction of sp³-hybridized carbons (Fsp3) is 0.190. The van der Waals surface area contributed by atoms with E-state index in [0.717, 1.165) is 11.5 Å². The molecule has 2 aromatic carbocycles. The van der Waals surface area contributed by atoms with E-state index in [1.165, 1.54) is 48.8 Å². The summed E-state index contributed by atoms with van der Waals surface area (Å²) in [5.41, 5.74) is 6.28. The standard InChI is InChI=1S/C21H18NOS/c1-11-9-14-5-7-22(4)19-17-12(2)15-6-8-24-21(15)13(3)20(17)23-16(10-11)18(14)19/h5-10H,1-4H3/q+1. The van der Waals surface area contributed by atoms with Crippen molar-refractivity contribution >= 4 is 32.2 Å². The Morgan fingerprint density at radius 2 is 1.88 bits per heavy atom. The van der Waals surface area contributed by atoms with Crippen LogP contribution in [0.1, 0.15) is 16.7 Å². The predicted octanol–water partition coefficient (Wildman–Crippen LogP) is 5.58. The summed E-state index contributed by atoms with van der Waals surface area (Å²) in [6.07, 6.45) is 2.16. The van der Waals surface area contributed by atoms with Gasteiger partial charge in [0, 0.05) is 16.3 Å². The summed E-state index contributed by atoms with van der Waals surface area (Å²) in [7, 11) is 2.13. The molecule has 2 aromatic heterocycles. The molecule has 0 fully saturated rings. The molecule has 0 radical (unpaired) electrons. The number of aryl methyl sites for hydroxylation is 4. The second kappa shape index (κ2) is 4.58. The summed E-state index contributed by atoms with van der Waals surface area (Å²) >= 11 is 1.80. The summed E-state index contributed by atoms with van der Waals surface area (Å²) in [6, 6.07) is 8.80. The first-order valence-corrected chi connectivity index (χ1v) is 9.06. The quantitative estimate of drug-likeness (QED) is 0.338. The summed E-state index contributed by atoms with van der Waals surface area (Å²) in [5.74, 6) is 1.99. The van der Waals surface area contributed by atoms with Gasteiger partial charge in [0.05, 0.1) is 10.9 Å². The third-order valence-corrected chi connectivity index (χ3v) is 6.18. The van der Waals surface area contributed by atoms with Crippen LogP contribution in [-0.2, 0) is 7.05 Å². The van der Waals surface area contributed by atoms with Crippen molar-refractivity contribution in [3.05, 3.63) is 52.5 Å². The van der Waals surface area contributed by atoms with Gasteiger partial charge < -0.3 is 4.74 Å². The highest BCUT2D eigenvalue weighted by Crippen LogP contribution is 2.51. The molecule has 2 nitrogen and oxygen atoms in total. The Labute approximate surface area is 144 Å². The van der Waals surface area contributed by atoms with E-state index in [0.29, 0.717) is 0 Å². The second-order valence-corrected chi connectivity index (χ2v) is 7.64. The Hall–Kier alpha value is -2.39. The lowest BCUT2D eigenvalue weighted by Crippen LogP contribution is -2.32. The molecule has 3 heteroatoms. The molecule has 0 unspecified atom stereocenters. The van der Waals surface area contributed by atoms with Crippen LogP contribution in [0.5, 0.6) is 11.5 Å². The average Bonchev–Trinajstić information content (AvgIpc) is 3.05. The van der Waals surface area contributed by atoms with Gasteiger partial charge in [0.25, 0.3) is 0 Å². The van der Waals surface area contributed by atoms with E-state index >= 15 is 0 Å². The Morgan fingerprint density at radius 3 is 2.71 bits per heavy atom. The number of benzene rings is 2. The number of rotatable bonds is 0. The minimum atomic E-state index is 0.974. The van der Waals surface area contributed by atoms with Crippen LogP contribution < -0.4 is 9.30 Å². The number of fused-ring (bicyclic) bond motifs is 3. The monoisotopic (exact) mass is 332 g/mol. The molecule has 3 heterocycles. The fourth-order valence-electron chi connectivity index (χ4n) is 4.00. The lowest BCUT2D eigenvalue weighted by molar-refractivity contribution is -0.659. The summed E-state index contributed by atoms with van der Waals surface area (Å²) in [4.78, 5) is 0. The lowest BCUT2D eigenvalue weighted by atomic mass is 9.91. The molecule has 1 aliphatic rings. The Balaban J connectivity index is 2.05. The van der Waals surface area contributed by atoms with Crippen molar-refractivity contribution in [3.8, 4) is 22.8 Å². The fourth-order valence-corrected chi connectivity index (χ4v) is 4.96. The number of ether oxygens (including phenoxy) is 1. The van der Waals surface area contributed by atoms with Gasteiger partial charge >= 0.3 is 0 Å². The van der Waals surface area contributed by atoms with Crippen LogP contribution in [-0.4, -0.2) is 0 Å². The van der Waals surface area contributed by atoms with Crippen molar-refractivity contribution < 1.29 is 9.30 Å². The van der Waals surface area contributed by atoms with Crippen LogP contribution in [0.4, 0.5) is 0 Å². The van der Waals surface area contributed by atoms with Gasteiger partial charge in [0.2, 0.25) is 5.69 Å². The third kappa shape index (κ3) is 1.63. The van der Waals surface area contributed by atoms with E-state index in [4.69, 9.17) is 4.74 Å². The van der Waals surface area contributed by atoms with Gasteiger partial charge in [-0.1, -0.05) is 6.07 Å². The molecule has 0 amide bonds. The van der Waals surface area contributed by atoms with E-state index in [1.54, 1.807) is 11.3 Å². The maximum absolute atomic E-state index is 6.47. The zero-order valence-electron chi connectivity index (χ0n) is 14.2. The number of hydrogen-bond acceptors (Lipinski definition) is 2. The van der Waals surface area contributed by atoms with E-state index in [9.17, 15) is 0 Å². The molecule has 0 atom stereocenters. The molecule has 24 heavy (non-hydrogen) atoms. The normalized spacial score (nSPS) is 12.5. The van der Waals surface area contributed by atoms with Gasteiger partial charge in [-0.05, 0) is 60.2 Å². The number of hydrogen-bond donors (Lipinski definition) is 0. The smallest absolute Gasteiger partial charge is 0.228 e. The topological polar surface area (TPSA) is 13.1 Å². The first kappa shape index (κ1) is 14.0. The van der Waals surface area contributed by atoms with Crippen LogP contribution >= 0.6 is 11.3 Å². The first-order chi connectivity index (χ1) is 11.6. The maximum atomic E-state index is 6.47. The van der Waals surface area contributed by atoms with Crippen molar-refractivity contribution in [2.24, 2.45) is 7.05 Å². The molecule has 1 aliphatic heterocycles. The van der Waals surface area contributed by atoms with Crippen LogP contribution in [0.25, 0.3) is 32.1 Å². The number of aromatic nitrogens is 1. The van der Waals surface area contributed by atoms with Crippen LogP contribution in [0.2, 0.25) is 0 Å². The van der Waals surface area contributed by atoms with Gasteiger partial charge in [-0.2, -0.15) is 0 Å². The zero-order chi connectivity index (χ0) is 16.6.